The summed E-state index contributed by atoms with van der Waals surface area (Å²) in [4.78, 5) is 0. The van der Waals surface area contributed by atoms with Crippen molar-refractivity contribution < 1.29 is 13.5 Å². The summed E-state index contributed by atoms with van der Waals surface area (Å²) in [6.45, 7) is 2.13. The van der Waals surface area contributed by atoms with E-state index in [2.05, 4.69) is 10.5 Å². The molecule has 0 saturated heterocycles. The monoisotopic (exact) mass is 276 g/mol. The first kappa shape index (κ1) is 14.0. The smallest absolute Gasteiger partial charge is 0.171 e. The van der Waals surface area contributed by atoms with E-state index in [1.54, 1.807) is 6.92 Å². The third-order valence-electron chi connectivity index (χ3n) is 2.55. The van der Waals surface area contributed by atoms with Crippen molar-refractivity contribution >= 4 is 11.9 Å². The molecule has 0 fully saturated rings. The molecular formula is C15H14F2N2O. The molecule has 0 radical (unpaired) electrons. The third kappa shape index (κ3) is 3.32. The Kier molecular flexibility index (Phi) is 4.65. The number of hydrogen-bond acceptors (Lipinski definition) is 3. The van der Waals surface area contributed by atoms with Gasteiger partial charge in [0.15, 0.2) is 11.6 Å². The van der Waals surface area contributed by atoms with Crippen LogP contribution in [0.1, 0.15) is 12.5 Å². The van der Waals surface area contributed by atoms with Crippen LogP contribution < -0.4 is 10.2 Å². The number of halogens is 2. The highest BCUT2D eigenvalue weighted by Gasteiger charge is 2.12. The van der Waals surface area contributed by atoms with E-state index in [9.17, 15) is 8.78 Å². The fourth-order valence-corrected chi connectivity index (χ4v) is 1.63. The Bertz CT molecular complexity index is 600. The lowest BCUT2D eigenvalue weighted by atomic mass is 10.2. The summed E-state index contributed by atoms with van der Waals surface area (Å²) in [6.07, 6.45) is 1.20. The van der Waals surface area contributed by atoms with E-state index in [1.807, 2.05) is 30.3 Å². The largest absolute Gasteiger partial charge is 0.493 e. The molecule has 5 heteroatoms. The van der Waals surface area contributed by atoms with E-state index in [-0.39, 0.29) is 11.3 Å². The predicted molar refractivity (Wildman–Crippen MR) is 75.2 cm³/mol. The van der Waals surface area contributed by atoms with E-state index < -0.39 is 11.6 Å². The molecule has 1 N–H and O–H groups in total. The van der Waals surface area contributed by atoms with Crippen molar-refractivity contribution in [2.75, 3.05) is 12.0 Å². The lowest BCUT2D eigenvalue weighted by Crippen LogP contribution is -2.02. The maximum atomic E-state index is 13.7. The van der Waals surface area contributed by atoms with Gasteiger partial charge in [0.05, 0.1) is 24.1 Å². The molecule has 20 heavy (non-hydrogen) atoms. The Morgan fingerprint density at radius 2 is 1.90 bits per heavy atom. The van der Waals surface area contributed by atoms with Gasteiger partial charge in [0, 0.05) is 0 Å². The number of para-hydroxylation sites is 1. The minimum Gasteiger partial charge on any atom is -0.493 e. The van der Waals surface area contributed by atoms with Crippen LogP contribution in [0.3, 0.4) is 0 Å². The van der Waals surface area contributed by atoms with Crippen molar-refractivity contribution in [3.63, 3.8) is 0 Å². The van der Waals surface area contributed by atoms with Gasteiger partial charge in [-0.15, -0.1) is 0 Å². The van der Waals surface area contributed by atoms with Crippen LogP contribution in [0.2, 0.25) is 0 Å². The van der Waals surface area contributed by atoms with Gasteiger partial charge < -0.3 is 4.74 Å². The number of hydrogen-bond donors (Lipinski definition) is 1. The standard InChI is InChI=1S/C15H14F2N2O/c1-2-20-14-9-8-13(16)15(17)12(14)10-18-19-11-6-4-3-5-7-11/h3-10,19H,2H2,1H3. The van der Waals surface area contributed by atoms with E-state index in [4.69, 9.17) is 4.74 Å². The molecule has 0 saturated carbocycles. The van der Waals surface area contributed by atoms with E-state index in [0.717, 1.165) is 11.8 Å². The van der Waals surface area contributed by atoms with Crippen LogP contribution in [0.5, 0.6) is 5.75 Å². The molecule has 0 spiro atoms. The highest BCUT2D eigenvalue weighted by Crippen LogP contribution is 2.22. The topological polar surface area (TPSA) is 33.6 Å². The molecule has 0 bridgehead atoms. The van der Waals surface area contributed by atoms with E-state index in [0.29, 0.717) is 6.61 Å². The van der Waals surface area contributed by atoms with Crippen LogP contribution in [0.15, 0.2) is 47.6 Å². The zero-order valence-corrected chi connectivity index (χ0v) is 10.9. The molecule has 0 amide bonds. The Morgan fingerprint density at radius 3 is 2.60 bits per heavy atom. The Labute approximate surface area is 115 Å². The summed E-state index contributed by atoms with van der Waals surface area (Å²) < 4.78 is 32.2. The molecular weight excluding hydrogens is 262 g/mol. The fourth-order valence-electron chi connectivity index (χ4n) is 1.63. The first-order chi connectivity index (χ1) is 9.72. The molecule has 2 aromatic rings. The number of hydrazone groups is 1. The van der Waals surface area contributed by atoms with Gasteiger partial charge in [0.1, 0.15) is 5.75 Å². The average molecular weight is 276 g/mol. The van der Waals surface area contributed by atoms with Gasteiger partial charge in [-0.05, 0) is 31.2 Å². The van der Waals surface area contributed by atoms with Crippen LogP contribution in [0.25, 0.3) is 0 Å². The van der Waals surface area contributed by atoms with Crippen molar-refractivity contribution in [3.8, 4) is 5.75 Å². The Balaban J connectivity index is 2.21. The molecule has 0 atom stereocenters. The summed E-state index contributed by atoms with van der Waals surface area (Å²) >= 11 is 0. The molecule has 3 nitrogen and oxygen atoms in total. The van der Waals surface area contributed by atoms with Gasteiger partial charge in [0.25, 0.3) is 0 Å². The van der Waals surface area contributed by atoms with Crippen molar-refractivity contribution in [3.05, 3.63) is 59.7 Å². The minimum atomic E-state index is -0.977. The molecule has 2 aromatic carbocycles. The zero-order valence-electron chi connectivity index (χ0n) is 10.9. The molecule has 0 aliphatic heterocycles. The van der Waals surface area contributed by atoms with Gasteiger partial charge in [-0.2, -0.15) is 5.10 Å². The predicted octanol–water partition coefficient (Wildman–Crippen LogP) is 3.81. The van der Waals surface area contributed by atoms with E-state index in [1.165, 1.54) is 12.3 Å². The maximum Gasteiger partial charge on any atom is 0.171 e. The van der Waals surface area contributed by atoms with Crippen LogP contribution in [0.4, 0.5) is 14.5 Å². The van der Waals surface area contributed by atoms with Gasteiger partial charge in [-0.25, -0.2) is 8.78 Å². The second-order valence-corrected chi connectivity index (χ2v) is 3.94. The number of ether oxygens (including phenoxy) is 1. The third-order valence-corrected chi connectivity index (χ3v) is 2.55. The normalized spacial score (nSPS) is 10.8. The van der Waals surface area contributed by atoms with Gasteiger partial charge in [0.2, 0.25) is 0 Å². The summed E-state index contributed by atoms with van der Waals surface area (Å²) in [5.41, 5.74) is 3.46. The van der Waals surface area contributed by atoms with E-state index >= 15 is 0 Å². The summed E-state index contributed by atoms with van der Waals surface area (Å²) in [7, 11) is 0. The molecule has 0 aliphatic carbocycles. The van der Waals surface area contributed by atoms with Gasteiger partial charge in [-0.3, -0.25) is 5.43 Å². The summed E-state index contributed by atoms with van der Waals surface area (Å²) in [5.74, 6) is -1.66. The average Bonchev–Trinajstić information content (AvgIpc) is 2.47. The Hall–Kier alpha value is -2.43. The second kappa shape index (κ2) is 6.65. The maximum absolute atomic E-state index is 13.7. The zero-order chi connectivity index (χ0) is 14.4. The first-order valence-corrected chi connectivity index (χ1v) is 6.17. The first-order valence-electron chi connectivity index (χ1n) is 6.17. The number of anilines is 1. The number of rotatable bonds is 5. The van der Waals surface area contributed by atoms with Crippen molar-refractivity contribution in [2.24, 2.45) is 5.10 Å². The summed E-state index contributed by atoms with van der Waals surface area (Å²) in [5, 5.41) is 3.90. The molecule has 0 heterocycles. The van der Waals surface area contributed by atoms with Crippen LogP contribution in [-0.2, 0) is 0 Å². The van der Waals surface area contributed by atoms with Crippen LogP contribution >= 0.6 is 0 Å². The number of nitrogens with one attached hydrogen (secondary N) is 1. The van der Waals surface area contributed by atoms with Crippen LogP contribution in [-0.4, -0.2) is 12.8 Å². The van der Waals surface area contributed by atoms with Gasteiger partial charge in [-0.1, -0.05) is 18.2 Å². The minimum absolute atomic E-state index is 0.0183. The molecule has 2 rings (SSSR count). The quantitative estimate of drug-likeness (QED) is 0.665. The summed E-state index contributed by atoms with van der Waals surface area (Å²) in [6, 6.07) is 11.6. The van der Waals surface area contributed by atoms with Gasteiger partial charge >= 0.3 is 0 Å². The lowest BCUT2D eigenvalue weighted by molar-refractivity contribution is 0.335. The number of benzene rings is 2. The number of nitrogens with zero attached hydrogens (tertiary/aromatic N) is 1. The highest BCUT2D eigenvalue weighted by atomic mass is 19.2. The van der Waals surface area contributed by atoms with Crippen molar-refractivity contribution in [1.29, 1.82) is 0 Å². The second-order valence-electron chi connectivity index (χ2n) is 3.94. The van der Waals surface area contributed by atoms with Crippen molar-refractivity contribution in [2.45, 2.75) is 6.92 Å². The fraction of sp³-hybridized carbons (Fsp3) is 0.133. The highest BCUT2D eigenvalue weighted by molar-refractivity contribution is 5.84. The van der Waals surface area contributed by atoms with Crippen molar-refractivity contribution in [1.82, 2.24) is 0 Å². The molecule has 0 aromatic heterocycles. The molecule has 0 aliphatic rings. The lowest BCUT2D eigenvalue weighted by Gasteiger charge is -2.08. The molecule has 0 unspecified atom stereocenters. The molecule has 104 valence electrons. The Morgan fingerprint density at radius 1 is 1.15 bits per heavy atom. The SMILES string of the molecule is CCOc1ccc(F)c(F)c1C=NNc1ccccc1. The van der Waals surface area contributed by atoms with Crippen LogP contribution in [0, 0.1) is 11.6 Å².